The third kappa shape index (κ3) is 4.89. The average molecular weight is 422 g/mol. The van der Waals surface area contributed by atoms with Crippen LogP contribution in [0.15, 0.2) is 24.4 Å². The molecule has 29 heavy (non-hydrogen) atoms. The van der Waals surface area contributed by atoms with Gasteiger partial charge in [-0.15, -0.1) is 10.2 Å². The first kappa shape index (κ1) is 20.7. The van der Waals surface area contributed by atoms with Crippen molar-refractivity contribution in [2.45, 2.75) is 32.7 Å². The maximum atomic E-state index is 13.8. The molecule has 0 atom stereocenters. The van der Waals surface area contributed by atoms with Crippen molar-refractivity contribution in [2.24, 2.45) is 0 Å². The number of benzene rings is 1. The van der Waals surface area contributed by atoms with Crippen LogP contribution >= 0.6 is 11.3 Å². The first-order valence-electron chi connectivity index (χ1n) is 8.86. The van der Waals surface area contributed by atoms with E-state index in [2.05, 4.69) is 27.4 Å². The van der Waals surface area contributed by atoms with E-state index < -0.39 is 34.7 Å². The molecule has 3 rings (SSSR count). The van der Waals surface area contributed by atoms with Crippen LogP contribution in [0.4, 0.5) is 13.2 Å². The van der Waals surface area contributed by atoms with Crippen molar-refractivity contribution >= 4 is 23.0 Å². The van der Waals surface area contributed by atoms with Crippen molar-refractivity contribution in [3.63, 3.8) is 0 Å². The quantitative estimate of drug-likeness (QED) is 0.541. The third-order valence-electron chi connectivity index (χ3n) is 4.08. The molecule has 2 aromatic heterocycles. The van der Waals surface area contributed by atoms with Crippen molar-refractivity contribution in [3.05, 3.63) is 68.7 Å². The number of rotatable bonds is 8. The van der Waals surface area contributed by atoms with Crippen LogP contribution in [0.5, 0.6) is 0 Å². The first-order chi connectivity index (χ1) is 13.9. The van der Waals surface area contributed by atoms with Gasteiger partial charge in [0, 0.05) is 30.3 Å². The number of H-pyrrole nitrogens is 1. The Morgan fingerprint density at radius 3 is 2.48 bits per heavy atom. The number of halogens is 3. The van der Waals surface area contributed by atoms with Crippen LogP contribution in [0, 0.1) is 17.5 Å². The Balaban J connectivity index is 1.65. The predicted octanol–water partition coefficient (Wildman–Crippen LogP) is 3.79. The molecule has 0 spiro atoms. The largest absolute Gasteiger partial charge is 0.356 e. The number of aromatic amines is 1. The van der Waals surface area contributed by atoms with Crippen LogP contribution in [0.3, 0.4) is 0 Å². The number of ketones is 1. The number of carbonyl (C=O) groups excluding carboxylic acids is 2. The van der Waals surface area contributed by atoms with Crippen molar-refractivity contribution in [2.75, 3.05) is 0 Å². The summed E-state index contributed by atoms with van der Waals surface area (Å²) in [4.78, 5) is 27.2. The lowest BCUT2D eigenvalue weighted by Crippen LogP contribution is -2.23. The van der Waals surface area contributed by atoms with E-state index in [1.54, 1.807) is 0 Å². The van der Waals surface area contributed by atoms with Crippen LogP contribution in [-0.4, -0.2) is 26.9 Å². The summed E-state index contributed by atoms with van der Waals surface area (Å²) >= 11 is 1.41. The van der Waals surface area contributed by atoms with Crippen LogP contribution in [0.1, 0.15) is 56.2 Å². The molecular formula is C19H17F3N4O2S. The highest BCUT2D eigenvalue weighted by Gasteiger charge is 2.22. The molecular weight excluding hydrogens is 405 g/mol. The van der Waals surface area contributed by atoms with E-state index in [9.17, 15) is 22.8 Å². The minimum Gasteiger partial charge on any atom is -0.356 e. The topological polar surface area (TPSA) is 87.7 Å². The maximum absolute atomic E-state index is 13.8. The second-order valence-electron chi connectivity index (χ2n) is 6.25. The number of aryl methyl sites for hydroxylation is 1. The summed E-state index contributed by atoms with van der Waals surface area (Å²) < 4.78 is 40.6. The van der Waals surface area contributed by atoms with E-state index >= 15 is 0 Å². The van der Waals surface area contributed by atoms with Gasteiger partial charge in [0.05, 0.1) is 12.1 Å². The maximum Gasteiger partial charge on any atom is 0.268 e. The molecule has 0 aliphatic carbocycles. The number of hydrogen-bond donors (Lipinski definition) is 2. The highest BCUT2D eigenvalue weighted by atomic mass is 32.1. The number of amides is 1. The second-order valence-corrected chi connectivity index (χ2v) is 7.40. The van der Waals surface area contributed by atoms with Crippen LogP contribution < -0.4 is 5.32 Å². The number of unbranched alkanes of at least 4 members (excludes halogenated alkanes) is 1. The normalized spacial score (nSPS) is 10.9. The van der Waals surface area contributed by atoms with Crippen molar-refractivity contribution in [1.82, 2.24) is 20.5 Å². The first-order valence-corrected chi connectivity index (χ1v) is 9.67. The fraction of sp³-hybridized carbons (Fsp3) is 0.263. The van der Waals surface area contributed by atoms with Crippen LogP contribution in [0.2, 0.25) is 0 Å². The molecule has 10 heteroatoms. The van der Waals surface area contributed by atoms with Crippen LogP contribution in [-0.2, 0) is 13.0 Å². The fourth-order valence-electron chi connectivity index (χ4n) is 2.60. The summed E-state index contributed by atoms with van der Waals surface area (Å²) in [6.45, 7) is 2.24. The summed E-state index contributed by atoms with van der Waals surface area (Å²) in [5, 5.41) is 12.2. The van der Waals surface area contributed by atoms with Gasteiger partial charge in [0.25, 0.3) is 5.91 Å². The number of aromatic nitrogens is 3. The zero-order chi connectivity index (χ0) is 21.0. The van der Waals surface area contributed by atoms with Gasteiger partial charge in [0.15, 0.2) is 5.78 Å². The van der Waals surface area contributed by atoms with E-state index in [0.717, 1.165) is 30.5 Å². The van der Waals surface area contributed by atoms with Gasteiger partial charge in [-0.25, -0.2) is 13.2 Å². The van der Waals surface area contributed by atoms with Gasteiger partial charge in [0.2, 0.25) is 0 Å². The fourth-order valence-corrected chi connectivity index (χ4v) is 3.43. The molecule has 0 fully saturated rings. The zero-order valence-electron chi connectivity index (χ0n) is 15.4. The third-order valence-corrected chi connectivity index (χ3v) is 5.06. The molecule has 152 valence electrons. The van der Waals surface area contributed by atoms with Gasteiger partial charge in [-0.3, -0.25) is 9.59 Å². The Morgan fingerprint density at radius 2 is 1.79 bits per heavy atom. The Bertz CT molecular complexity index is 1020. The molecule has 1 aromatic carbocycles. The van der Waals surface area contributed by atoms with Crippen molar-refractivity contribution < 1.29 is 22.8 Å². The van der Waals surface area contributed by atoms with Gasteiger partial charge in [0.1, 0.15) is 33.2 Å². The van der Waals surface area contributed by atoms with Gasteiger partial charge >= 0.3 is 0 Å². The summed E-state index contributed by atoms with van der Waals surface area (Å²) in [5.74, 6) is -5.26. The Labute approximate surface area is 168 Å². The molecule has 2 heterocycles. The number of nitrogens with zero attached hydrogens (tertiary/aromatic N) is 2. The number of nitrogens with one attached hydrogen (secondary N) is 2. The lowest BCUT2D eigenvalue weighted by atomic mass is 10.0. The zero-order valence-corrected chi connectivity index (χ0v) is 16.2. The van der Waals surface area contributed by atoms with E-state index in [4.69, 9.17) is 0 Å². The second kappa shape index (κ2) is 8.99. The van der Waals surface area contributed by atoms with E-state index in [1.807, 2.05) is 0 Å². The highest BCUT2D eigenvalue weighted by Crippen LogP contribution is 2.19. The van der Waals surface area contributed by atoms with Crippen LogP contribution in [0.25, 0.3) is 0 Å². The predicted molar refractivity (Wildman–Crippen MR) is 100 cm³/mol. The van der Waals surface area contributed by atoms with Gasteiger partial charge < -0.3 is 10.3 Å². The molecule has 0 radical (unpaired) electrons. The molecule has 0 saturated carbocycles. The Kier molecular flexibility index (Phi) is 6.42. The van der Waals surface area contributed by atoms with E-state index in [1.165, 1.54) is 17.4 Å². The summed E-state index contributed by atoms with van der Waals surface area (Å²) in [5.41, 5.74) is -0.977. The lowest BCUT2D eigenvalue weighted by molar-refractivity contribution is 0.0946. The summed E-state index contributed by atoms with van der Waals surface area (Å²) in [6, 6.07) is 2.02. The Morgan fingerprint density at radius 1 is 1.10 bits per heavy atom. The smallest absolute Gasteiger partial charge is 0.268 e. The van der Waals surface area contributed by atoms with Crippen molar-refractivity contribution in [1.29, 1.82) is 0 Å². The molecule has 0 aliphatic rings. The SMILES string of the molecule is CCCCc1nnc(CNC(=O)c2cc(C(=O)c3c(F)cc(F)cc3F)c[nH]2)s1. The summed E-state index contributed by atoms with van der Waals surface area (Å²) in [7, 11) is 0. The molecule has 3 aromatic rings. The standard InChI is InChI=1S/C19H17F3N4O2S/c1-2-3-4-15-25-26-16(29-15)9-24-19(28)14-5-10(8-23-14)18(27)17-12(21)6-11(20)7-13(17)22/h5-8,23H,2-4,9H2,1H3,(H,24,28). The van der Waals surface area contributed by atoms with Crippen molar-refractivity contribution in [3.8, 4) is 0 Å². The lowest BCUT2D eigenvalue weighted by Gasteiger charge is -2.03. The molecule has 1 amide bonds. The monoisotopic (exact) mass is 422 g/mol. The molecule has 2 N–H and O–H groups in total. The minimum atomic E-state index is -1.31. The van der Waals surface area contributed by atoms with Gasteiger partial charge in [-0.1, -0.05) is 24.7 Å². The average Bonchev–Trinajstić information content (AvgIpc) is 3.33. The highest BCUT2D eigenvalue weighted by molar-refractivity contribution is 7.11. The molecule has 0 unspecified atom stereocenters. The van der Waals surface area contributed by atoms with Gasteiger partial charge in [-0.2, -0.15) is 0 Å². The molecule has 0 bridgehead atoms. The summed E-state index contributed by atoms with van der Waals surface area (Å²) in [6.07, 6.45) is 4.05. The minimum absolute atomic E-state index is 0.0343. The number of carbonyl (C=O) groups is 2. The molecule has 0 aliphatic heterocycles. The van der Waals surface area contributed by atoms with Gasteiger partial charge in [-0.05, 0) is 12.5 Å². The molecule has 6 nitrogen and oxygen atoms in total. The molecule has 0 saturated heterocycles. The Hall–Kier alpha value is -3.01. The van der Waals surface area contributed by atoms with E-state index in [-0.39, 0.29) is 17.8 Å². The van der Waals surface area contributed by atoms with E-state index in [0.29, 0.717) is 17.1 Å². The number of hydrogen-bond acceptors (Lipinski definition) is 5.